The van der Waals surface area contributed by atoms with Crippen LogP contribution in [-0.2, 0) is 9.53 Å². The Morgan fingerprint density at radius 1 is 1.41 bits per heavy atom. The standard InChI is InChI=1S/C13H24N2O2/c1-15-7-3-11(4-8-15)9-14-10-13(5-6-13)12(16)17-2/h11,14H,3-10H2,1-2H3. The first-order chi connectivity index (χ1) is 8.16. The van der Waals surface area contributed by atoms with Gasteiger partial charge >= 0.3 is 5.97 Å². The number of piperidine rings is 1. The molecule has 17 heavy (non-hydrogen) atoms. The van der Waals surface area contributed by atoms with Crippen molar-refractivity contribution in [3.8, 4) is 0 Å². The van der Waals surface area contributed by atoms with Gasteiger partial charge in [-0.15, -0.1) is 0 Å². The summed E-state index contributed by atoms with van der Waals surface area (Å²) in [5.74, 6) is 0.744. The van der Waals surface area contributed by atoms with Crippen molar-refractivity contribution in [3.05, 3.63) is 0 Å². The largest absolute Gasteiger partial charge is 0.469 e. The minimum Gasteiger partial charge on any atom is -0.469 e. The highest BCUT2D eigenvalue weighted by molar-refractivity contribution is 5.80. The third-order valence-electron chi connectivity index (χ3n) is 4.21. The van der Waals surface area contributed by atoms with E-state index in [1.807, 2.05) is 0 Å². The van der Waals surface area contributed by atoms with Crippen molar-refractivity contribution in [3.63, 3.8) is 0 Å². The molecule has 1 heterocycles. The molecular weight excluding hydrogens is 216 g/mol. The van der Waals surface area contributed by atoms with Crippen LogP contribution in [-0.4, -0.2) is 51.2 Å². The molecule has 0 spiro atoms. The Kier molecular flexibility index (Phi) is 4.05. The van der Waals surface area contributed by atoms with Gasteiger partial charge in [0.05, 0.1) is 12.5 Å². The summed E-state index contributed by atoms with van der Waals surface area (Å²) in [5, 5.41) is 3.47. The zero-order chi connectivity index (χ0) is 12.3. The zero-order valence-electron chi connectivity index (χ0n) is 11.0. The van der Waals surface area contributed by atoms with Gasteiger partial charge in [0, 0.05) is 6.54 Å². The molecule has 2 rings (SSSR count). The van der Waals surface area contributed by atoms with Crippen molar-refractivity contribution in [2.24, 2.45) is 11.3 Å². The number of nitrogens with zero attached hydrogens (tertiary/aromatic N) is 1. The van der Waals surface area contributed by atoms with E-state index in [4.69, 9.17) is 4.74 Å². The van der Waals surface area contributed by atoms with Crippen LogP contribution >= 0.6 is 0 Å². The molecule has 1 aliphatic carbocycles. The van der Waals surface area contributed by atoms with Gasteiger partial charge in [0.25, 0.3) is 0 Å². The van der Waals surface area contributed by atoms with E-state index in [0.29, 0.717) is 0 Å². The van der Waals surface area contributed by atoms with E-state index in [9.17, 15) is 4.79 Å². The maximum absolute atomic E-state index is 11.6. The smallest absolute Gasteiger partial charge is 0.313 e. The fourth-order valence-electron chi connectivity index (χ4n) is 2.60. The maximum atomic E-state index is 11.6. The molecule has 4 heteroatoms. The predicted octanol–water partition coefficient (Wildman–Crippen LogP) is 0.871. The van der Waals surface area contributed by atoms with E-state index in [2.05, 4.69) is 17.3 Å². The van der Waals surface area contributed by atoms with E-state index >= 15 is 0 Å². The molecule has 0 amide bonds. The van der Waals surface area contributed by atoms with Gasteiger partial charge in [-0.3, -0.25) is 4.79 Å². The first kappa shape index (κ1) is 12.8. The summed E-state index contributed by atoms with van der Waals surface area (Å²) >= 11 is 0. The first-order valence-corrected chi connectivity index (χ1v) is 6.64. The van der Waals surface area contributed by atoms with Crippen molar-refractivity contribution >= 4 is 5.97 Å². The van der Waals surface area contributed by atoms with Crippen LogP contribution in [0.15, 0.2) is 0 Å². The molecule has 0 radical (unpaired) electrons. The molecule has 1 N–H and O–H groups in total. The van der Waals surface area contributed by atoms with Crippen molar-refractivity contribution in [2.45, 2.75) is 25.7 Å². The van der Waals surface area contributed by atoms with Gasteiger partial charge in [-0.25, -0.2) is 0 Å². The predicted molar refractivity (Wildman–Crippen MR) is 66.8 cm³/mol. The number of rotatable bonds is 5. The number of esters is 1. The second kappa shape index (κ2) is 5.36. The molecular formula is C13H24N2O2. The third kappa shape index (κ3) is 3.19. The first-order valence-electron chi connectivity index (χ1n) is 6.64. The maximum Gasteiger partial charge on any atom is 0.313 e. The van der Waals surface area contributed by atoms with Gasteiger partial charge in [-0.05, 0) is 58.3 Å². The van der Waals surface area contributed by atoms with Gasteiger partial charge in [0.1, 0.15) is 0 Å². The minimum atomic E-state index is -0.180. The highest BCUT2D eigenvalue weighted by Crippen LogP contribution is 2.46. The molecule has 0 aromatic rings. The Labute approximate surface area is 104 Å². The summed E-state index contributed by atoms with van der Waals surface area (Å²) in [5.41, 5.74) is -0.180. The second-order valence-corrected chi connectivity index (χ2v) is 5.65. The number of hydrogen-bond donors (Lipinski definition) is 1. The molecule has 0 bridgehead atoms. The van der Waals surface area contributed by atoms with Gasteiger partial charge in [-0.1, -0.05) is 0 Å². The Morgan fingerprint density at radius 2 is 2.06 bits per heavy atom. The Bertz CT molecular complexity index is 269. The molecule has 0 unspecified atom stereocenters. The molecule has 98 valence electrons. The van der Waals surface area contributed by atoms with Crippen LogP contribution in [0.2, 0.25) is 0 Å². The molecule has 1 saturated carbocycles. The average Bonchev–Trinajstić information content (AvgIpc) is 3.12. The van der Waals surface area contributed by atoms with Gasteiger partial charge in [-0.2, -0.15) is 0 Å². The molecule has 0 aromatic carbocycles. The summed E-state index contributed by atoms with van der Waals surface area (Å²) in [6.07, 6.45) is 4.52. The van der Waals surface area contributed by atoms with Crippen LogP contribution < -0.4 is 5.32 Å². The Balaban J connectivity index is 1.65. The topological polar surface area (TPSA) is 41.6 Å². The lowest BCUT2D eigenvalue weighted by molar-refractivity contribution is -0.146. The van der Waals surface area contributed by atoms with E-state index in [1.54, 1.807) is 0 Å². The summed E-state index contributed by atoms with van der Waals surface area (Å²) < 4.78 is 4.85. The Hall–Kier alpha value is -0.610. The van der Waals surface area contributed by atoms with Crippen molar-refractivity contribution < 1.29 is 9.53 Å². The van der Waals surface area contributed by atoms with Crippen LogP contribution in [0.3, 0.4) is 0 Å². The lowest BCUT2D eigenvalue weighted by Crippen LogP contribution is -2.38. The molecule has 1 aliphatic heterocycles. The van der Waals surface area contributed by atoms with Gasteiger partial charge in [0.15, 0.2) is 0 Å². The number of carbonyl (C=O) groups excluding carboxylic acids is 1. The van der Waals surface area contributed by atoms with Crippen molar-refractivity contribution in [2.75, 3.05) is 40.3 Å². The van der Waals surface area contributed by atoms with Gasteiger partial charge < -0.3 is 15.0 Å². The normalized spacial score (nSPS) is 24.6. The van der Waals surface area contributed by atoms with E-state index in [1.165, 1.54) is 33.0 Å². The fourth-order valence-corrected chi connectivity index (χ4v) is 2.60. The number of methoxy groups -OCH3 is 1. The van der Waals surface area contributed by atoms with Crippen LogP contribution in [0.5, 0.6) is 0 Å². The van der Waals surface area contributed by atoms with Crippen molar-refractivity contribution in [1.82, 2.24) is 10.2 Å². The molecule has 0 atom stereocenters. The number of nitrogens with one attached hydrogen (secondary N) is 1. The number of likely N-dealkylation sites (tertiary alicyclic amines) is 1. The molecule has 1 saturated heterocycles. The monoisotopic (exact) mass is 240 g/mol. The molecule has 2 fully saturated rings. The highest BCUT2D eigenvalue weighted by atomic mass is 16.5. The summed E-state index contributed by atoms with van der Waals surface area (Å²) in [6, 6.07) is 0. The number of hydrogen-bond acceptors (Lipinski definition) is 4. The SMILES string of the molecule is COC(=O)C1(CNCC2CCN(C)CC2)CC1. The molecule has 0 aromatic heterocycles. The summed E-state index contributed by atoms with van der Waals surface area (Å²) in [4.78, 5) is 13.9. The number of carbonyl (C=O) groups is 1. The fraction of sp³-hybridized carbons (Fsp3) is 0.923. The van der Waals surface area contributed by atoms with Crippen LogP contribution in [0.4, 0.5) is 0 Å². The minimum absolute atomic E-state index is 0.0339. The van der Waals surface area contributed by atoms with E-state index in [0.717, 1.165) is 31.8 Å². The Morgan fingerprint density at radius 3 is 2.59 bits per heavy atom. The molecule has 4 nitrogen and oxygen atoms in total. The molecule has 2 aliphatic rings. The van der Waals surface area contributed by atoms with Crippen LogP contribution in [0, 0.1) is 11.3 Å². The average molecular weight is 240 g/mol. The lowest BCUT2D eigenvalue weighted by Gasteiger charge is -2.29. The highest BCUT2D eigenvalue weighted by Gasteiger charge is 2.50. The third-order valence-corrected chi connectivity index (χ3v) is 4.21. The van der Waals surface area contributed by atoms with Crippen molar-refractivity contribution in [1.29, 1.82) is 0 Å². The van der Waals surface area contributed by atoms with Crippen LogP contribution in [0.25, 0.3) is 0 Å². The zero-order valence-corrected chi connectivity index (χ0v) is 11.0. The second-order valence-electron chi connectivity index (χ2n) is 5.65. The van der Waals surface area contributed by atoms with Crippen LogP contribution in [0.1, 0.15) is 25.7 Å². The lowest BCUT2D eigenvalue weighted by atomic mass is 9.97. The van der Waals surface area contributed by atoms with E-state index < -0.39 is 0 Å². The van der Waals surface area contributed by atoms with E-state index in [-0.39, 0.29) is 11.4 Å². The number of ether oxygens (including phenoxy) is 1. The van der Waals surface area contributed by atoms with Gasteiger partial charge in [0.2, 0.25) is 0 Å². The summed E-state index contributed by atoms with van der Waals surface area (Å²) in [6.45, 7) is 4.25. The quantitative estimate of drug-likeness (QED) is 0.724. The summed E-state index contributed by atoms with van der Waals surface area (Å²) in [7, 11) is 3.67.